The number of hydrogen-bond donors (Lipinski definition) is 2. The lowest BCUT2D eigenvalue weighted by molar-refractivity contribution is -0.140. The summed E-state index contributed by atoms with van der Waals surface area (Å²) in [6.45, 7) is 1.11. The number of nitrogens with one attached hydrogen (secondary N) is 1. The van der Waals surface area contributed by atoms with Crippen molar-refractivity contribution in [3.05, 3.63) is 35.9 Å². The van der Waals surface area contributed by atoms with Gasteiger partial charge in [0.1, 0.15) is 12.6 Å². The highest BCUT2D eigenvalue weighted by Crippen LogP contribution is 2.12. The number of benzene rings is 1. The smallest absolute Gasteiger partial charge is 0.408 e. The molecular formula is C15H19NO6. The van der Waals surface area contributed by atoms with Gasteiger partial charge in [-0.25, -0.2) is 9.59 Å². The maximum Gasteiger partial charge on any atom is 0.408 e. The third-order valence-corrected chi connectivity index (χ3v) is 3.18. The first-order valence-electron chi connectivity index (χ1n) is 7.08. The minimum Gasteiger partial charge on any atom is -0.480 e. The molecule has 22 heavy (non-hydrogen) atoms. The van der Waals surface area contributed by atoms with Crippen molar-refractivity contribution >= 4 is 12.1 Å². The van der Waals surface area contributed by atoms with Crippen LogP contribution in [0.4, 0.5) is 4.79 Å². The van der Waals surface area contributed by atoms with E-state index >= 15 is 0 Å². The number of aliphatic carboxylic acids is 1. The summed E-state index contributed by atoms with van der Waals surface area (Å²) in [6.07, 6.45) is -0.551. The highest BCUT2D eigenvalue weighted by Gasteiger charge is 2.24. The van der Waals surface area contributed by atoms with Gasteiger partial charge in [0, 0.05) is 6.42 Å². The highest BCUT2D eigenvalue weighted by atomic mass is 16.7. The quantitative estimate of drug-likeness (QED) is 0.793. The molecule has 1 aliphatic heterocycles. The van der Waals surface area contributed by atoms with Crippen LogP contribution in [0.1, 0.15) is 18.4 Å². The summed E-state index contributed by atoms with van der Waals surface area (Å²) in [5.41, 5.74) is 0.831. The molecule has 1 atom stereocenters. The first kappa shape index (κ1) is 16.3. The Labute approximate surface area is 128 Å². The molecule has 1 amide bonds. The fourth-order valence-electron chi connectivity index (χ4n) is 2.04. The zero-order valence-corrected chi connectivity index (χ0v) is 12.1. The number of carboxylic acid groups (broad SMARTS) is 1. The fraction of sp³-hybridized carbons (Fsp3) is 0.467. The van der Waals surface area contributed by atoms with Crippen molar-refractivity contribution in [1.82, 2.24) is 5.32 Å². The van der Waals surface area contributed by atoms with E-state index in [1.807, 2.05) is 30.3 Å². The lowest BCUT2D eigenvalue weighted by atomic mass is 10.1. The number of ether oxygens (including phenoxy) is 3. The zero-order chi connectivity index (χ0) is 15.8. The first-order valence-corrected chi connectivity index (χ1v) is 7.08. The third-order valence-electron chi connectivity index (χ3n) is 3.18. The van der Waals surface area contributed by atoms with Crippen LogP contribution in [0.3, 0.4) is 0 Å². The number of amides is 1. The molecule has 1 aliphatic rings. The summed E-state index contributed by atoms with van der Waals surface area (Å²) in [5, 5.41) is 11.5. The molecule has 0 bridgehead atoms. The van der Waals surface area contributed by atoms with E-state index in [1.165, 1.54) is 0 Å². The molecule has 0 saturated carbocycles. The zero-order valence-electron chi connectivity index (χ0n) is 12.1. The van der Waals surface area contributed by atoms with E-state index in [9.17, 15) is 9.59 Å². The Morgan fingerprint density at radius 1 is 1.27 bits per heavy atom. The number of carboxylic acids is 1. The Morgan fingerprint density at radius 3 is 2.59 bits per heavy atom. The van der Waals surface area contributed by atoms with Crippen molar-refractivity contribution in [1.29, 1.82) is 0 Å². The van der Waals surface area contributed by atoms with E-state index in [4.69, 9.17) is 19.3 Å². The van der Waals surface area contributed by atoms with Gasteiger partial charge < -0.3 is 24.6 Å². The monoisotopic (exact) mass is 309 g/mol. The van der Waals surface area contributed by atoms with Gasteiger partial charge in [0.25, 0.3) is 0 Å². The van der Waals surface area contributed by atoms with Crippen molar-refractivity contribution < 1.29 is 28.9 Å². The third kappa shape index (κ3) is 5.34. The van der Waals surface area contributed by atoms with Gasteiger partial charge in [-0.1, -0.05) is 30.3 Å². The maximum absolute atomic E-state index is 11.7. The summed E-state index contributed by atoms with van der Waals surface area (Å²) >= 11 is 0. The van der Waals surface area contributed by atoms with Crippen molar-refractivity contribution in [2.75, 3.05) is 13.2 Å². The van der Waals surface area contributed by atoms with Crippen molar-refractivity contribution in [2.24, 2.45) is 0 Å². The molecule has 1 fully saturated rings. The topological polar surface area (TPSA) is 94.1 Å². The van der Waals surface area contributed by atoms with Crippen molar-refractivity contribution in [2.45, 2.75) is 31.8 Å². The van der Waals surface area contributed by atoms with E-state index in [-0.39, 0.29) is 13.0 Å². The number of alkyl carbamates (subject to hydrolysis) is 1. The molecule has 1 heterocycles. The average Bonchev–Trinajstić information content (AvgIpc) is 3.03. The number of hydrogen-bond acceptors (Lipinski definition) is 5. The van der Waals surface area contributed by atoms with Crippen LogP contribution in [0, 0.1) is 0 Å². The van der Waals surface area contributed by atoms with Crippen LogP contribution in [0.2, 0.25) is 0 Å². The second-order valence-electron chi connectivity index (χ2n) is 4.85. The molecule has 0 aromatic heterocycles. The minimum absolute atomic E-state index is 0.0911. The maximum atomic E-state index is 11.7. The molecule has 7 heteroatoms. The first-order chi connectivity index (χ1) is 10.6. The number of rotatable bonds is 7. The van der Waals surface area contributed by atoms with Gasteiger partial charge in [-0.2, -0.15) is 0 Å². The fourth-order valence-corrected chi connectivity index (χ4v) is 2.04. The molecule has 0 aliphatic carbocycles. The molecule has 1 aromatic rings. The second-order valence-corrected chi connectivity index (χ2v) is 4.85. The van der Waals surface area contributed by atoms with E-state index in [0.717, 1.165) is 5.56 Å². The predicted octanol–water partition coefficient (Wildman–Crippen LogP) is 1.52. The summed E-state index contributed by atoms with van der Waals surface area (Å²) in [4.78, 5) is 22.8. The molecule has 120 valence electrons. The van der Waals surface area contributed by atoms with Gasteiger partial charge >= 0.3 is 12.1 Å². The second kappa shape index (κ2) is 8.35. The lowest BCUT2D eigenvalue weighted by Crippen LogP contribution is -2.41. The molecule has 0 spiro atoms. The Bertz CT molecular complexity index is 486. The summed E-state index contributed by atoms with van der Waals surface area (Å²) in [5.74, 6) is -1.12. The minimum atomic E-state index is -1.12. The van der Waals surface area contributed by atoms with E-state index in [1.54, 1.807) is 0 Å². The van der Waals surface area contributed by atoms with E-state index in [2.05, 4.69) is 5.32 Å². The molecule has 2 N–H and O–H groups in total. The van der Waals surface area contributed by atoms with Crippen LogP contribution >= 0.6 is 0 Å². The van der Waals surface area contributed by atoms with Crippen molar-refractivity contribution in [3.8, 4) is 0 Å². The van der Waals surface area contributed by atoms with Gasteiger partial charge in [0.2, 0.25) is 0 Å². The van der Waals surface area contributed by atoms with Gasteiger partial charge in [0.15, 0.2) is 6.29 Å². The SMILES string of the molecule is O=C(NC(CCC1OCCO1)C(=O)O)OCc1ccccc1. The van der Waals surface area contributed by atoms with Crippen LogP contribution in [0.15, 0.2) is 30.3 Å². The number of carbonyl (C=O) groups excluding carboxylic acids is 1. The van der Waals surface area contributed by atoms with Crippen LogP contribution in [-0.4, -0.2) is 42.7 Å². The van der Waals surface area contributed by atoms with Crippen LogP contribution < -0.4 is 5.32 Å². The molecule has 2 rings (SSSR count). The summed E-state index contributed by atoms with van der Waals surface area (Å²) in [6, 6.07) is 8.12. The van der Waals surface area contributed by atoms with Crippen molar-refractivity contribution in [3.63, 3.8) is 0 Å². The van der Waals surface area contributed by atoms with E-state index < -0.39 is 24.4 Å². The largest absolute Gasteiger partial charge is 0.480 e. The summed E-state index contributed by atoms with van der Waals surface area (Å²) in [7, 11) is 0. The van der Waals surface area contributed by atoms with Gasteiger partial charge in [-0.05, 0) is 12.0 Å². The Hall–Kier alpha value is -2.12. The number of carbonyl (C=O) groups is 2. The molecule has 1 unspecified atom stereocenters. The highest BCUT2D eigenvalue weighted by molar-refractivity contribution is 5.79. The molecule has 0 radical (unpaired) electrons. The average molecular weight is 309 g/mol. The molecular weight excluding hydrogens is 290 g/mol. The Morgan fingerprint density at radius 2 is 1.95 bits per heavy atom. The van der Waals surface area contributed by atoms with Gasteiger partial charge in [-0.15, -0.1) is 0 Å². The molecule has 7 nitrogen and oxygen atoms in total. The van der Waals surface area contributed by atoms with Crippen LogP contribution in [-0.2, 0) is 25.6 Å². The standard InChI is InChI=1S/C15H19NO6/c17-14(18)12(6-7-13-20-8-9-21-13)16-15(19)22-10-11-4-2-1-3-5-11/h1-5,12-13H,6-10H2,(H,16,19)(H,17,18). The van der Waals surface area contributed by atoms with Crippen LogP contribution in [0.5, 0.6) is 0 Å². The summed E-state index contributed by atoms with van der Waals surface area (Å²) < 4.78 is 15.5. The lowest BCUT2D eigenvalue weighted by Gasteiger charge is -2.16. The molecule has 1 saturated heterocycles. The van der Waals surface area contributed by atoms with Crippen LogP contribution in [0.25, 0.3) is 0 Å². The Balaban J connectivity index is 1.74. The normalized spacial score (nSPS) is 16.2. The van der Waals surface area contributed by atoms with E-state index in [0.29, 0.717) is 19.6 Å². The Kier molecular flexibility index (Phi) is 6.17. The predicted molar refractivity (Wildman–Crippen MR) is 76.1 cm³/mol. The van der Waals surface area contributed by atoms with Gasteiger partial charge in [0.05, 0.1) is 13.2 Å². The van der Waals surface area contributed by atoms with Gasteiger partial charge in [-0.3, -0.25) is 0 Å². The molecule has 1 aromatic carbocycles.